The standard InChI is InChI=1S/C33H38N4/c1-22(2)9-10-24-19-37(20-24)21-27-13-14-31(30-8-6-5-7-29(27)30)33-35-18-32(36-33)26-12-11-25(15-23(3)4)28(16-26)17-34/h5-8,11-14,16,22-24H,9-10,15,18-21H2,1-4H3. The molecule has 0 aliphatic carbocycles. The SMILES string of the molecule is CC(C)CCC1CN(Cc2ccc(C3=NCC(c4ccc(CC(C)C)c(C#N)c4)=N3)c3ccccc23)C1. The average Bonchev–Trinajstić information content (AvgIpc) is 3.35. The zero-order chi connectivity index (χ0) is 25.9. The Bertz CT molecular complexity index is 1380. The van der Waals surface area contributed by atoms with E-state index in [4.69, 9.17) is 9.98 Å². The lowest BCUT2D eigenvalue weighted by molar-refractivity contribution is 0.0830. The third-order valence-corrected chi connectivity index (χ3v) is 7.65. The maximum absolute atomic E-state index is 9.70. The first kappa shape index (κ1) is 25.4. The number of nitrogens with zero attached hydrogens (tertiary/aromatic N) is 4. The van der Waals surface area contributed by atoms with Crippen LogP contribution in [-0.4, -0.2) is 36.1 Å². The first-order valence-corrected chi connectivity index (χ1v) is 13.8. The number of nitriles is 1. The molecule has 4 heteroatoms. The third-order valence-electron chi connectivity index (χ3n) is 7.65. The molecule has 5 rings (SSSR count). The van der Waals surface area contributed by atoms with Crippen LogP contribution in [0.25, 0.3) is 10.8 Å². The van der Waals surface area contributed by atoms with Crippen LogP contribution in [0.4, 0.5) is 0 Å². The van der Waals surface area contributed by atoms with Gasteiger partial charge >= 0.3 is 0 Å². The van der Waals surface area contributed by atoms with Crippen molar-refractivity contribution in [3.63, 3.8) is 0 Å². The maximum atomic E-state index is 9.70. The van der Waals surface area contributed by atoms with Crippen LogP contribution < -0.4 is 0 Å². The number of hydrogen-bond donors (Lipinski definition) is 0. The molecule has 0 aromatic heterocycles. The van der Waals surface area contributed by atoms with E-state index in [-0.39, 0.29) is 0 Å². The quantitative estimate of drug-likeness (QED) is 0.323. The largest absolute Gasteiger partial charge is 0.298 e. The van der Waals surface area contributed by atoms with Crippen molar-refractivity contribution in [1.29, 1.82) is 5.26 Å². The minimum absolute atomic E-state index is 0.514. The van der Waals surface area contributed by atoms with E-state index in [9.17, 15) is 5.26 Å². The average molecular weight is 491 g/mol. The minimum atomic E-state index is 0.514. The first-order chi connectivity index (χ1) is 17.9. The summed E-state index contributed by atoms with van der Waals surface area (Å²) in [5.41, 5.74) is 6.25. The van der Waals surface area contributed by atoms with E-state index in [2.05, 4.69) is 87.2 Å². The van der Waals surface area contributed by atoms with Crippen molar-refractivity contribution in [1.82, 2.24) is 4.90 Å². The second-order valence-corrected chi connectivity index (χ2v) is 11.6. The van der Waals surface area contributed by atoms with Crippen LogP contribution in [0, 0.1) is 29.1 Å². The molecule has 2 aliphatic rings. The number of benzene rings is 3. The zero-order valence-electron chi connectivity index (χ0n) is 22.7. The molecule has 0 saturated carbocycles. The van der Waals surface area contributed by atoms with E-state index in [1.807, 2.05) is 6.07 Å². The van der Waals surface area contributed by atoms with Crippen molar-refractivity contribution in [2.24, 2.45) is 27.7 Å². The Kier molecular flexibility index (Phi) is 7.53. The summed E-state index contributed by atoms with van der Waals surface area (Å²) in [5, 5.41) is 12.2. The smallest absolute Gasteiger partial charge is 0.155 e. The summed E-state index contributed by atoms with van der Waals surface area (Å²) in [4.78, 5) is 12.4. The van der Waals surface area contributed by atoms with E-state index in [0.29, 0.717) is 12.5 Å². The molecule has 4 nitrogen and oxygen atoms in total. The molecule has 0 radical (unpaired) electrons. The molecule has 37 heavy (non-hydrogen) atoms. The van der Waals surface area contributed by atoms with Crippen molar-refractivity contribution in [3.8, 4) is 6.07 Å². The van der Waals surface area contributed by atoms with Crippen LogP contribution in [0.1, 0.15) is 68.4 Å². The molecule has 2 heterocycles. The van der Waals surface area contributed by atoms with Crippen molar-refractivity contribution in [2.75, 3.05) is 19.6 Å². The predicted molar refractivity (Wildman–Crippen MR) is 154 cm³/mol. The first-order valence-electron chi connectivity index (χ1n) is 13.8. The van der Waals surface area contributed by atoms with E-state index in [1.165, 1.54) is 42.3 Å². The predicted octanol–water partition coefficient (Wildman–Crippen LogP) is 7.03. The van der Waals surface area contributed by atoms with Crippen LogP contribution in [0.15, 0.2) is 64.6 Å². The number of likely N-dealkylation sites (tertiary alicyclic amines) is 1. The highest BCUT2D eigenvalue weighted by Gasteiger charge is 2.27. The molecule has 2 aliphatic heterocycles. The summed E-state index contributed by atoms with van der Waals surface area (Å²) in [6.07, 6.45) is 3.59. The molecule has 0 bridgehead atoms. The number of aliphatic imine (C=N–C) groups is 2. The van der Waals surface area contributed by atoms with Crippen LogP contribution in [0.2, 0.25) is 0 Å². The van der Waals surface area contributed by atoms with Gasteiger partial charge in [0.05, 0.1) is 23.9 Å². The van der Waals surface area contributed by atoms with Gasteiger partial charge in [0.1, 0.15) is 0 Å². The van der Waals surface area contributed by atoms with Crippen molar-refractivity contribution < 1.29 is 0 Å². The Morgan fingerprint density at radius 1 is 0.946 bits per heavy atom. The second kappa shape index (κ2) is 11.0. The maximum Gasteiger partial charge on any atom is 0.155 e. The van der Waals surface area contributed by atoms with Crippen LogP contribution >= 0.6 is 0 Å². The lowest BCUT2D eigenvalue weighted by Crippen LogP contribution is -2.45. The van der Waals surface area contributed by atoms with E-state index in [0.717, 1.165) is 58.6 Å². The third kappa shape index (κ3) is 5.68. The Balaban J connectivity index is 1.35. The molecular formula is C33H38N4. The van der Waals surface area contributed by atoms with E-state index >= 15 is 0 Å². The molecule has 1 saturated heterocycles. The van der Waals surface area contributed by atoms with Gasteiger partial charge in [-0.25, -0.2) is 4.99 Å². The highest BCUT2D eigenvalue weighted by molar-refractivity contribution is 6.21. The monoisotopic (exact) mass is 490 g/mol. The lowest BCUT2D eigenvalue weighted by Gasteiger charge is -2.40. The Morgan fingerprint density at radius 2 is 1.70 bits per heavy atom. The van der Waals surface area contributed by atoms with E-state index < -0.39 is 0 Å². The van der Waals surface area contributed by atoms with Crippen LogP contribution in [0.3, 0.4) is 0 Å². The molecule has 0 amide bonds. The second-order valence-electron chi connectivity index (χ2n) is 11.6. The summed E-state index contributed by atoms with van der Waals surface area (Å²) < 4.78 is 0. The van der Waals surface area contributed by atoms with Crippen molar-refractivity contribution >= 4 is 22.3 Å². The molecular weight excluding hydrogens is 452 g/mol. The minimum Gasteiger partial charge on any atom is -0.298 e. The molecule has 1 fully saturated rings. The summed E-state index contributed by atoms with van der Waals surface area (Å²) in [5.74, 6) is 2.96. The highest BCUT2D eigenvalue weighted by atomic mass is 15.2. The summed E-state index contributed by atoms with van der Waals surface area (Å²) in [6, 6.07) is 21.7. The number of fused-ring (bicyclic) bond motifs is 1. The van der Waals surface area contributed by atoms with Crippen molar-refractivity contribution in [2.45, 2.75) is 53.5 Å². The molecule has 0 atom stereocenters. The summed E-state index contributed by atoms with van der Waals surface area (Å²) >= 11 is 0. The van der Waals surface area contributed by atoms with Gasteiger partial charge in [-0.05, 0) is 64.1 Å². The number of hydrogen-bond acceptors (Lipinski definition) is 4. The molecule has 0 spiro atoms. The normalized spacial score (nSPS) is 16.2. The van der Waals surface area contributed by atoms with Gasteiger partial charge in [-0.2, -0.15) is 5.26 Å². The van der Waals surface area contributed by atoms with Gasteiger partial charge in [0.2, 0.25) is 0 Å². The molecule has 3 aromatic rings. The van der Waals surface area contributed by atoms with Crippen LogP contribution in [0.5, 0.6) is 0 Å². The molecule has 3 aromatic carbocycles. The Labute approximate surface area is 221 Å². The summed E-state index contributed by atoms with van der Waals surface area (Å²) in [6.45, 7) is 13.0. The van der Waals surface area contributed by atoms with Gasteiger partial charge < -0.3 is 0 Å². The van der Waals surface area contributed by atoms with E-state index in [1.54, 1.807) is 0 Å². The van der Waals surface area contributed by atoms with Gasteiger partial charge in [-0.15, -0.1) is 0 Å². The number of amidine groups is 1. The summed E-state index contributed by atoms with van der Waals surface area (Å²) in [7, 11) is 0. The van der Waals surface area contributed by atoms with Gasteiger partial charge in [0, 0.05) is 25.2 Å². The molecule has 190 valence electrons. The fourth-order valence-corrected chi connectivity index (χ4v) is 5.62. The Morgan fingerprint density at radius 3 is 2.43 bits per heavy atom. The highest BCUT2D eigenvalue weighted by Crippen LogP contribution is 2.30. The molecule has 0 unspecified atom stereocenters. The van der Waals surface area contributed by atoms with Gasteiger partial charge in [0.25, 0.3) is 0 Å². The van der Waals surface area contributed by atoms with Gasteiger partial charge in [-0.3, -0.25) is 9.89 Å². The zero-order valence-corrected chi connectivity index (χ0v) is 22.7. The van der Waals surface area contributed by atoms with Gasteiger partial charge in [-0.1, -0.05) is 82.6 Å². The molecule has 0 N–H and O–H groups in total. The van der Waals surface area contributed by atoms with Gasteiger partial charge in [0.15, 0.2) is 5.84 Å². The fraction of sp³-hybridized carbons (Fsp3) is 0.424. The topological polar surface area (TPSA) is 51.8 Å². The van der Waals surface area contributed by atoms with Crippen LogP contribution in [-0.2, 0) is 13.0 Å². The Hall–Kier alpha value is -3.29. The number of rotatable bonds is 9. The fourth-order valence-electron chi connectivity index (χ4n) is 5.62. The lowest BCUT2D eigenvalue weighted by atomic mass is 9.90. The van der Waals surface area contributed by atoms with Crippen molar-refractivity contribution in [3.05, 3.63) is 82.4 Å².